The summed E-state index contributed by atoms with van der Waals surface area (Å²) in [5.74, 6) is -1.59. The lowest BCUT2D eigenvalue weighted by molar-refractivity contribution is -0.151. The van der Waals surface area contributed by atoms with Crippen molar-refractivity contribution in [3.05, 3.63) is 71.8 Å². The number of methoxy groups -OCH3 is 2. The van der Waals surface area contributed by atoms with E-state index in [1.165, 1.54) is 20.3 Å². The van der Waals surface area contributed by atoms with E-state index in [1.54, 1.807) is 48.5 Å². The predicted octanol–water partition coefficient (Wildman–Crippen LogP) is 3.52. The number of rotatable bonds is 18. The standard InChI is InChI=1S/C32H35NO11/c1-39-19-20-43-30(36)16-8-23-7-13-26(27(21-23)40-2)44-32(38)24-9-11-25(12-10-24)41-17-5-3-4-6-18-42-31(37)22-33-28(34)14-15-29(33)35/h7-16,21H,3-6,17-20,22H2,1-2H3. The summed E-state index contributed by atoms with van der Waals surface area (Å²) in [6, 6.07) is 11.4. The Morgan fingerprint density at radius 2 is 1.48 bits per heavy atom. The lowest BCUT2D eigenvalue weighted by Crippen LogP contribution is -2.35. The van der Waals surface area contributed by atoms with Crippen molar-refractivity contribution in [2.45, 2.75) is 25.7 Å². The lowest BCUT2D eigenvalue weighted by atomic mass is 10.2. The molecule has 0 spiro atoms. The van der Waals surface area contributed by atoms with Gasteiger partial charge >= 0.3 is 17.9 Å². The molecule has 0 bridgehead atoms. The minimum Gasteiger partial charge on any atom is -0.494 e. The van der Waals surface area contributed by atoms with E-state index in [-0.39, 0.29) is 25.5 Å². The molecule has 0 aromatic heterocycles. The van der Waals surface area contributed by atoms with Crippen LogP contribution >= 0.6 is 0 Å². The van der Waals surface area contributed by atoms with E-state index >= 15 is 0 Å². The Labute approximate surface area is 255 Å². The molecule has 1 heterocycles. The van der Waals surface area contributed by atoms with Crippen molar-refractivity contribution < 1.29 is 52.4 Å². The summed E-state index contributed by atoms with van der Waals surface area (Å²) in [7, 11) is 2.96. The topological polar surface area (TPSA) is 144 Å². The molecule has 0 atom stereocenters. The van der Waals surface area contributed by atoms with Crippen molar-refractivity contribution in [2.75, 3.05) is 47.2 Å². The summed E-state index contributed by atoms with van der Waals surface area (Å²) in [6.45, 7) is 0.761. The number of unbranched alkanes of at least 4 members (excludes halogenated alkanes) is 3. The molecule has 2 amide bonds. The van der Waals surface area contributed by atoms with Gasteiger partial charge in [-0.1, -0.05) is 6.07 Å². The van der Waals surface area contributed by atoms with Gasteiger partial charge in [0.25, 0.3) is 11.8 Å². The van der Waals surface area contributed by atoms with Crippen LogP contribution in [-0.4, -0.2) is 81.8 Å². The van der Waals surface area contributed by atoms with Crippen molar-refractivity contribution in [1.29, 1.82) is 0 Å². The first-order chi connectivity index (χ1) is 21.3. The maximum atomic E-state index is 12.7. The summed E-state index contributed by atoms with van der Waals surface area (Å²) in [6.07, 6.45) is 8.17. The second kappa shape index (κ2) is 17.9. The first kappa shape index (κ1) is 33.5. The van der Waals surface area contributed by atoms with Crippen molar-refractivity contribution in [3.63, 3.8) is 0 Å². The van der Waals surface area contributed by atoms with Gasteiger partial charge in [-0.2, -0.15) is 0 Å². The third kappa shape index (κ3) is 11.0. The zero-order valence-electron chi connectivity index (χ0n) is 24.7. The molecule has 0 saturated heterocycles. The number of carbonyl (C=O) groups excluding carboxylic acids is 5. The van der Waals surface area contributed by atoms with Crippen molar-refractivity contribution in [1.82, 2.24) is 4.90 Å². The third-order valence-electron chi connectivity index (χ3n) is 6.18. The van der Waals surface area contributed by atoms with Gasteiger partial charge in [-0.05, 0) is 73.7 Å². The van der Waals surface area contributed by atoms with E-state index in [0.717, 1.165) is 36.3 Å². The van der Waals surface area contributed by atoms with Crippen LogP contribution in [0.2, 0.25) is 0 Å². The number of carbonyl (C=O) groups is 5. The van der Waals surface area contributed by atoms with Gasteiger partial charge in [0.05, 0.1) is 32.5 Å². The fourth-order valence-electron chi connectivity index (χ4n) is 3.85. The fourth-order valence-corrected chi connectivity index (χ4v) is 3.85. The molecule has 0 unspecified atom stereocenters. The largest absolute Gasteiger partial charge is 0.494 e. The highest BCUT2D eigenvalue weighted by Gasteiger charge is 2.26. The van der Waals surface area contributed by atoms with Crippen LogP contribution in [0.3, 0.4) is 0 Å². The molecule has 234 valence electrons. The molecule has 0 fully saturated rings. The summed E-state index contributed by atoms with van der Waals surface area (Å²) in [4.78, 5) is 60.0. The third-order valence-corrected chi connectivity index (χ3v) is 6.18. The minimum absolute atomic E-state index is 0.156. The van der Waals surface area contributed by atoms with Crippen molar-refractivity contribution >= 4 is 35.8 Å². The average molecular weight is 610 g/mol. The van der Waals surface area contributed by atoms with Crippen LogP contribution in [0.1, 0.15) is 41.6 Å². The quantitative estimate of drug-likeness (QED) is 0.0805. The number of nitrogens with zero attached hydrogens (tertiary/aromatic N) is 1. The molecule has 0 radical (unpaired) electrons. The highest BCUT2D eigenvalue weighted by molar-refractivity contribution is 6.14. The first-order valence-electron chi connectivity index (χ1n) is 14.0. The smallest absolute Gasteiger partial charge is 0.343 e. The number of esters is 3. The Balaban J connectivity index is 1.33. The lowest BCUT2D eigenvalue weighted by Gasteiger charge is -2.12. The molecule has 0 aliphatic carbocycles. The van der Waals surface area contributed by atoms with Gasteiger partial charge in [-0.25, -0.2) is 9.59 Å². The highest BCUT2D eigenvalue weighted by atomic mass is 16.6. The summed E-state index contributed by atoms with van der Waals surface area (Å²) in [5.41, 5.74) is 0.977. The number of hydrogen-bond donors (Lipinski definition) is 0. The maximum absolute atomic E-state index is 12.7. The van der Waals surface area contributed by atoms with Gasteiger partial charge in [0, 0.05) is 25.3 Å². The molecular weight excluding hydrogens is 574 g/mol. The predicted molar refractivity (Wildman–Crippen MR) is 157 cm³/mol. The SMILES string of the molecule is COCCOC(=O)C=Cc1ccc(OC(=O)c2ccc(OCCCCCCOC(=O)CN3C(=O)C=CC3=O)cc2)c(OC)c1. The highest BCUT2D eigenvalue weighted by Crippen LogP contribution is 2.29. The summed E-state index contributed by atoms with van der Waals surface area (Å²) < 4.78 is 31.5. The number of imide groups is 1. The number of amides is 2. The molecule has 0 saturated carbocycles. The van der Waals surface area contributed by atoms with Gasteiger partial charge in [0.2, 0.25) is 0 Å². The molecular formula is C32H35NO11. The van der Waals surface area contributed by atoms with E-state index in [9.17, 15) is 24.0 Å². The molecule has 3 rings (SSSR count). The van der Waals surface area contributed by atoms with Gasteiger partial charge in [-0.15, -0.1) is 0 Å². The Kier molecular flexibility index (Phi) is 13.6. The molecule has 12 heteroatoms. The average Bonchev–Trinajstić information content (AvgIpc) is 3.34. The number of benzene rings is 2. The molecule has 2 aromatic carbocycles. The van der Waals surface area contributed by atoms with Crippen LogP contribution in [-0.2, 0) is 33.4 Å². The van der Waals surface area contributed by atoms with Crippen molar-refractivity contribution in [2.24, 2.45) is 0 Å². The van der Waals surface area contributed by atoms with Gasteiger partial charge in [0.1, 0.15) is 18.9 Å². The van der Waals surface area contributed by atoms with Crippen LogP contribution in [0.4, 0.5) is 0 Å². The van der Waals surface area contributed by atoms with E-state index in [4.69, 9.17) is 28.4 Å². The zero-order chi connectivity index (χ0) is 31.7. The fraction of sp³-hybridized carbons (Fsp3) is 0.344. The Bertz CT molecular complexity index is 1350. The van der Waals surface area contributed by atoms with Crippen LogP contribution in [0.25, 0.3) is 6.08 Å². The molecule has 0 N–H and O–H groups in total. The maximum Gasteiger partial charge on any atom is 0.343 e. The molecule has 44 heavy (non-hydrogen) atoms. The Morgan fingerprint density at radius 3 is 2.16 bits per heavy atom. The van der Waals surface area contributed by atoms with Gasteiger partial charge < -0.3 is 28.4 Å². The van der Waals surface area contributed by atoms with E-state index in [0.29, 0.717) is 42.3 Å². The number of ether oxygens (including phenoxy) is 6. The van der Waals surface area contributed by atoms with Gasteiger partial charge in [-0.3, -0.25) is 19.3 Å². The second-order valence-electron chi connectivity index (χ2n) is 9.40. The van der Waals surface area contributed by atoms with E-state index in [2.05, 4.69) is 0 Å². The Morgan fingerprint density at radius 1 is 0.773 bits per heavy atom. The molecule has 1 aliphatic rings. The second-order valence-corrected chi connectivity index (χ2v) is 9.40. The summed E-state index contributed by atoms with van der Waals surface area (Å²) >= 11 is 0. The first-order valence-corrected chi connectivity index (χ1v) is 14.0. The van der Waals surface area contributed by atoms with Crippen LogP contribution < -0.4 is 14.2 Å². The van der Waals surface area contributed by atoms with Gasteiger partial charge in [0.15, 0.2) is 11.5 Å². The Hall–Kier alpha value is -4.97. The van der Waals surface area contributed by atoms with Crippen LogP contribution in [0, 0.1) is 0 Å². The number of hydrogen-bond acceptors (Lipinski definition) is 11. The van der Waals surface area contributed by atoms with Crippen LogP contribution in [0.15, 0.2) is 60.7 Å². The van der Waals surface area contributed by atoms with E-state index < -0.39 is 29.7 Å². The summed E-state index contributed by atoms with van der Waals surface area (Å²) in [5, 5.41) is 0. The molecule has 2 aromatic rings. The molecule has 12 nitrogen and oxygen atoms in total. The van der Waals surface area contributed by atoms with Crippen molar-refractivity contribution in [3.8, 4) is 17.2 Å². The minimum atomic E-state index is -0.620. The monoisotopic (exact) mass is 609 g/mol. The van der Waals surface area contributed by atoms with E-state index in [1.807, 2.05) is 0 Å². The zero-order valence-corrected chi connectivity index (χ0v) is 24.7. The normalized spacial score (nSPS) is 12.5. The molecule has 1 aliphatic heterocycles. The van der Waals surface area contributed by atoms with Crippen LogP contribution in [0.5, 0.6) is 17.2 Å².